The highest BCUT2D eigenvalue weighted by Gasteiger charge is 2.37. The number of nitrogens with one attached hydrogen (secondary N) is 1. The first-order chi connectivity index (χ1) is 15.1. The summed E-state index contributed by atoms with van der Waals surface area (Å²) in [5.74, 6) is -0.894. The number of aryl methyl sites for hydroxylation is 1. The number of amides is 1. The molecule has 1 saturated carbocycles. The van der Waals surface area contributed by atoms with Crippen molar-refractivity contribution in [3.8, 4) is 0 Å². The Bertz CT molecular complexity index is 1280. The topological polar surface area (TPSA) is 68.2 Å². The minimum Gasteiger partial charge on any atom is -0.348 e. The number of sulfone groups is 1. The molecule has 2 aromatic carbocycles. The molecule has 0 unspecified atom stereocenters. The first kappa shape index (κ1) is 22.4. The first-order valence-electron chi connectivity index (χ1n) is 10.4. The average molecular weight is 465 g/mol. The molecule has 0 aliphatic heterocycles. The molecule has 1 N–H and O–H groups in total. The van der Waals surface area contributed by atoms with Crippen molar-refractivity contribution < 1.29 is 26.4 Å². The standard InChI is InChI=1S/C23H23F3N2O3S/c1-2-28-10-9-16-12-17(5-8-21(16)28)22(29)27-13-18-4-3-15(11-20(18)23(24,25)26)14-32(30,31)19-6-7-19/h3-5,8-12,19H,2,6-7,13-14H2,1H3,(H,27,29). The molecule has 0 radical (unpaired) electrons. The Kier molecular flexibility index (Phi) is 5.79. The van der Waals surface area contributed by atoms with Crippen molar-refractivity contribution in [2.45, 2.75) is 50.0 Å². The monoisotopic (exact) mass is 464 g/mol. The van der Waals surface area contributed by atoms with E-state index in [9.17, 15) is 26.4 Å². The molecule has 1 fully saturated rings. The molecular formula is C23H23F3N2O3S. The molecule has 3 aromatic rings. The fourth-order valence-electron chi connectivity index (χ4n) is 3.80. The Balaban J connectivity index is 1.52. The van der Waals surface area contributed by atoms with Crippen LogP contribution in [0.4, 0.5) is 13.2 Å². The van der Waals surface area contributed by atoms with Crippen LogP contribution in [0.25, 0.3) is 10.9 Å². The number of hydrogen-bond donors (Lipinski definition) is 1. The molecule has 1 aliphatic carbocycles. The van der Waals surface area contributed by atoms with E-state index in [1.165, 1.54) is 12.1 Å². The summed E-state index contributed by atoms with van der Waals surface area (Å²) in [4.78, 5) is 12.6. The summed E-state index contributed by atoms with van der Waals surface area (Å²) in [7, 11) is -3.43. The van der Waals surface area contributed by atoms with Crippen molar-refractivity contribution in [1.29, 1.82) is 0 Å². The molecule has 0 saturated heterocycles. The van der Waals surface area contributed by atoms with Gasteiger partial charge in [0.2, 0.25) is 0 Å². The zero-order chi connectivity index (χ0) is 23.1. The molecule has 1 aromatic heterocycles. The van der Waals surface area contributed by atoms with Crippen LogP contribution in [0, 0.1) is 0 Å². The summed E-state index contributed by atoms with van der Waals surface area (Å²) in [6, 6.07) is 10.5. The molecule has 32 heavy (non-hydrogen) atoms. The Labute approximate surface area is 184 Å². The Morgan fingerprint density at radius 2 is 1.88 bits per heavy atom. The van der Waals surface area contributed by atoms with Crippen molar-refractivity contribution in [2.75, 3.05) is 0 Å². The van der Waals surface area contributed by atoms with E-state index in [2.05, 4.69) is 5.32 Å². The molecule has 0 bridgehead atoms. The lowest BCUT2D eigenvalue weighted by molar-refractivity contribution is -0.138. The van der Waals surface area contributed by atoms with E-state index in [1.54, 1.807) is 12.1 Å². The second-order valence-corrected chi connectivity index (χ2v) is 10.3. The normalized spacial score (nSPS) is 14.6. The van der Waals surface area contributed by atoms with Crippen LogP contribution in [-0.2, 0) is 34.9 Å². The van der Waals surface area contributed by atoms with Crippen molar-refractivity contribution in [3.63, 3.8) is 0 Å². The lowest BCUT2D eigenvalue weighted by atomic mass is 10.0. The van der Waals surface area contributed by atoms with E-state index in [1.807, 2.05) is 29.8 Å². The van der Waals surface area contributed by atoms with Gasteiger partial charge in [-0.25, -0.2) is 8.42 Å². The zero-order valence-corrected chi connectivity index (χ0v) is 18.3. The number of benzene rings is 2. The van der Waals surface area contributed by atoms with E-state index in [0.29, 0.717) is 18.4 Å². The van der Waals surface area contributed by atoms with Crippen LogP contribution in [0.3, 0.4) is 0 Å². The van der Waals surface area contributed by atoms with Gasteiger partial charge in [-0.3, -0.25) is 4.79 Å². The number of rotatable bonds is 7. The zero-order valence-electron chi connectivity index (χ0n) is 17.4. The fraction of sp³-hybridized carbons (Fsp3) is 0.348. The molecule has 0 spiro atoms. The highest BCUT2D eigenvalue weighted by molar-refractivity contribution is 7.91. The molecule has 170 valence electrons. The summed E-state index contributed by atoms with van der Waals surface area (Å²) in [6.07, 6.45) is -1.63. The van der Waals surface area contributed by atoms with E-state index < -0.39 is 38.5 Å². The maximum atomic E-state index is 13.6. The van der Waals surface area contributed by atoms with Crippen LogP contribution in [0.2, 0.25) is 0 Å². The second-order valence-electron chi connectivity index (χ2n) is 8.05. The van der Waals surface area contributed by atoms with Gasteiger partial charge in [0.25, 0.3) is 5.91 Å². The van der Waals surface area contributed by atoms with E-state index in [-0.39, 0.29) is 17.7 Å². The largest absolute Gasteiger partial charge is 0.416 e. The second kappa shape index (κ2) is 8.27. The smallest absolute Gasteiger partial charge is 0.348 e. The third kappa shape index (κ3) is 4.67. The SMILES string of the molecule is CCn1ccc2cc(C(=O)NCc3ccc(CS(=O)(=O)C4CC4)cc3C(F)(F)F)ccc21. The van der Waals surface area contributed by atoms with Crippen LogP contribution in [0.15, 0.2) is 48.7 Å². The Hall–Kier alpha value is -2.81. The Morgan fingerprint density at radius 1 is 1.12 bits per heavy atom. The maximum Gasteiger partial charge on any atom is 0.416 e. The predicted molar refractivity (Wildman–Crippen MR) is 116 cm³/mol. The summed E-state index contributed by atoms with van der Waals surface area (Å²) >= 11 is 0. The number of carbonyl (C=O) groups excluding carboxylic acids is 1. The van der Waals surface area contributed by atoms with Gasteiger partial charge >= 0.3 is 6.18 Å². The lowest BCUT2D eigenvalue weighted by Crippen LogP contribution is -2.24. The molecule has 5 nitrogen and oxygen atoms in total. The van der Waals surface area contributed by atoms with Gasteiger partial charge in [0.1, 0.15) is 0 Å². The summed E-state index contributed by atoms with van der Waals surface area (Å²) in [5.41, 5.74) is 0.380. The van der Waals surface area contributed by atoms with Gasteiger partial charge in [-0.15, -0.1) is 0 Å². The van der Waals surface area contributed by atoms with Crippen molar-refractivity contribution in [1.82, 2.24) is 9.88 Å². The summed E-state index contributed by atoms with van der Waals surface area (Å²) in [6.45, 7) is 2.47. The van der Waals surface area contributed by atoms with Gasteiger partial charge in [0.05, 0.1) is 16.6 Å². The molecule has 1 heterocycles. The summed E-state index contributed by atoms with van der Waals surface area (Å²) < 4.78 is 67.2. The molecule has 1 amide bonds. The van der Waals surface area contributed by atoms with Crippen molar-refractivity contribution in [3.05, 3.63) is 70.9 Å². The van der Waals surface area contributed by atoms with Crippen molar-refractivity contribution in [2.24, 2.45) is 0 Å². The number of alkyl halides is 3. The van der Waals surface area contributed by atoms with Gasteiger partial charge in [0.15, 0.2) is 9.84 Å². The molecule has 1 aliphatic rings. The molecule has 9 heteroatoms. The van der Waals surface area contributed by atoms with Crippen LogP contribution >= 0.6 is 0 Å². The predicted octanol–water partition coefficient (Wildman–Crippen LogP) is 4.69. The molecular weight excluding hydrogens is 441 g/mol. The van der Waals surface area contributed by atoms with Crippen molar-refractivity contribution >= 4 is 26.6 Å². The molecule has 4 rings (SSSR count). The van der Waals surface area contributed by atoms with Crippen LogP contribution < -0.4 is 5.32 Å². The molecule has 0 atom stereocenters. The highest BCUT2D eigenvalue weighted by Crippen LogP contribution is 2.35. The van der Waals surface area contributed by atoms with E-state index in [0.717, 1.165) is 23.5 Å². The van der Waals surface area contributed by atoms with E-state index >= 15 is 0 Å². The first-order valence-corrected chi connectivity index (χ1v) is 12.1. The fourth-order valence-corrected chi connectivity index (χ4v) is 5.54. The highest BCUT2D eigenvalue weighted by atomic mass is 32.2. The van der Waals surface area contributed by atoms with Crippen LogP contribution in [0.1, 0.15) is 46.8 Å². The number of aromatic nitrogens is 1. The lowest BCUT2D eigenvalue weighted by Gasteiger charge is -2.15. The average Bonchev–Trinajstić information content (AvgIpc) is 3.52. The minimum atomic E-state index is -4.67. The number of carbonyl (C=O) groups is 1. The minimum absolute atomic E-state index is 0.102. The van der Waals surface area contributed by atoms with Gasteiger partial charge < -0.3 is 9.88 Å². The summed E-state index contributed by atoms with van der Waals surface area (Å²) in [5, 5.41) is 2.97. The number of nitrogens with zero attached hydrogens (tertiary/aromatic N) is 1. The maximum absolute atomic E-state index is 13.6. The van der Waals surface area contributed by atoms with Crippen LogP contribution in [-0.4, -0.2) is 24.1 Å². The van der Waals surface area contributed by atoms with Gasteiger partial charge in [0, 0.05) is 35.8 Å². The van der Waals surface area contributed by atoms with Gasteiger partial charge in [-0.1, -0.05) is 12.1 Å². The van der Waals surface area contributed by atoms with E-state index in [4.69, 9.17) is 0 Å². The quantitative estimate of drug-likeness (QED) is 0.552. The van der Waals surface area contributed by atoms with Gasteiger partial charge in [-0.05, 0) is 61.2 Å². The van der Waals surface area contributed by atoms with Gasteiger partial charge in [-0.2, -0.15) is 13.2 Å². The van der Waals surface area contributed by atoms with Crippen LogP contribution in [0.5, 0.6) is 0 Å². The number of fused-ring (bicyclic) bond motifs is 1. The Morgan fingerprint density at radius 3 is 2.53 bits per heavy atom. The third-order valence-corrected chi connectivity index (χ3v) is 7.92. The number of hydrogen-bond acceptors (Lipinski definition) is 3. The third-order valence-electron chi connectivity index (χ3n) is 5.69. The number of halogens is 3.